The van der Waals surface area contributed by atoms with Gasteiger partial charge in [0.05, 0.1) is 31.7 Å². The summed E-state index contributed by atoms with van der Waals surface area (Å²) >= 11 is 0. The molecule has 0 aromatic rings. The van der Waals surface area contributed by atoms with E-state index in [0.717, 1.165) is 12.8 Å². The molecule has 5 unspecified atom stereocenters. The zero-order chi connectivity index (χ0) is 19.5. The highest BCUT2D eigenvalue weighted by Gasteiger charge is 2.53. The van der Waals surface area contributed by atoms with Crippen molar-refractivity contribution < 1.29 is 34.4 Å². The Kier molecular flexibility index (Phi) is 6.65. The van der Waals surface area contributed by atoms with E-state index in [-0.39, 0.29) is 37.0 Å². The molecule has 0 radical (unpaired) electrons. The molecule has 1 aliphatic carbocycles. The number of unbranched alkanes of at least 4 members (excludes halogenated alkanes) is 1. The molecule has 1 amide bonds. The van der Waals surface area contributed by atoms with E-state index in [1.165, 1.54) is 7.11 Å². The van der Waals surface area contributed by atoms with Crippen LogP contribution in [0.5, 0.6) is 0 Å². The van der Waals surface area contributed by atoms with E-state index in [9.17, 15) is 24.9 Å². The Morgan fingerprint density at radius 2 is 2.04 bits per heavy atom. The molecular formula is C18H29NO7. The first-order valence-electron chi connectivity index (χ1n) is 9.07. The highest BCUT2D eigenvalue weighted by atomic mass is 16.5. The minimum Gasteiger partial charge on any atom is -0.494 e. The third-order valence-corrected chi connectivity index (χ3v) is 5.02. The van der Waals surface area contributed by atoms with E-state index >= 15 is 0 Å². The van der Waals surface area contributed by atoms with E-state index in [4.69, 9.17) is 9.47 Å². The average Bonchev–Trinajstić information content (AvgIpc) is 2.87. The molecule has 0 spiro atoms. The van der Waals surface area contributed by atoms with Gasteiger partial charge < -0.3 is 30.1 Å². The van der Waals surface area contributed by atoms with E-state index in [1.54, 1.807) is 6.92 Å². The molecule has 2 rings (SSSR count). The Hall–Kier alpha value is -1.64. The van der Waals surface area contributed by atoms with E-state index in [2.05, 4.69) is 5.32 Å². The SMILES string of the molecule is CCCCC(C)OC1=C(OC)C(O)CC(O)C(C2(O)CNC(=O)C2)C1=O. The second-order valence-electron chi connectivity index (χ2n) is 7.19. The largest absolute Gasteiger partial charge is 0.494 e. The van der Waals surface area contributed by atoms with Crippen LogP contribution in [0.2, 0.25) is 0 Å². The second kappa shape index (κ2) is 8.37. The van der Waals surface area contributed by atoms with Crippen molar-refractivity contribution in [3.05, 3.63) is 11.5 Å². The number of aliphatic hydroxyl groups is 3. The summed E-state index contributed by atoms with van der Waals surface area (Å²) in [7, 11) is 1.31. The molecule has 1 fully saturated rings. The lowest BCUT2D eigenvalue weighted by Gasteiger charge is -2.33. The number of carbonyl (C=O) groups excluding carboxylic acids is 2. The molecule has 0 aromatic carbocycles. The van der Waals surface area contributed by atoms with Crippen LogP contribution in [0.25, 0.3) is 0 Å². The van der Waals surface area contributed by atoms with Crippen molar-refractivity contribution in [2.75, 3.05) is 13.7 Å². The van der Waals surface area contributed by atoms with Gasteiger partial charge in [0.1, 0.15) is 11.7 Å². The Labute approximate surface area is 153 Å². The normalized spacial score (nSPS) is 33.7. The molecular weight excluding hydrogens is 342 g/mol. The fraction of sp³-hybridized carbons (Fsp3) is 0.778. The standard InChI is InChI=1S/C18H29NO7/c1-4-5-6-10(2)26-17-15(23)14(18(24)8-13(22)19-9-18)11(20)7-12(21)16(17)25-3/h10-12,14,20-21,24H,4-9H2,1-3H3,(H,19,22). The van der Waals surface area contributed by atoms with Gasteiger partial charge in [-0.25, -0.2) is 0 Å². The minimum atomic E-state index is -1.74. The zero-order valence-corrected chi connectivity index (χ0v) is 15.5. The van der Waals surface area contributed by atoms with Crippen molar-refractivity contribution in [1.82, 2.24) is 5.32 Å². The fourth-order valence-corrected chi connectivity index (χ4v) is 3.63. The second-order valence-corrected chi connectivity index (χ2v) is 7.19. The summed E-state index contributed by atoms with van der Waals surface area (Å²) in [6.07, 6.45) is -0.808. The smallest absolute Gasteiger partial charge is 0.223 e. The van der Waals surface area contributed by atoms with Gasteiger partial charge in [0.15, 0.2) is 5.76 Å². The maximum absolute atomic E-state index is 13.1. The summed E-state index contributed by atoms with van der Waals surface area (Å²) in [4.78, 5) is 24.7. The number of ketones is 1. The number of amides is 1. The van der Waals surface area contributed by atoms with Gasteiger partial charge in [-0.05, 0) is 13.3 Å². The Morgan fingerprint density at radius 3 is 2.58 bits per heavy atom. The number of methoxy groups -OCH3 is 1. The summed E-state index contributed by atoms with van der Waals surface area (Å²) in [6.45, 7) is 3.71. The van der Waals surface area contributed by atoms with Gasteiger partial charge in [-0.1, -0.05) is 19.8 Å². The summed E-state index contributed by atoms with van der Waals surface area (Å²) in [5.41, 5.74) is -1.74. The van der Waals surface area contributed by atoms with Crippen LogP contribution >= 0.6 is 0 Å². The molecule has 26 heavy (non-hydrogen) atoms. The van der Waals surface area contributed by atoms with Crippen molar-refractivity contribution in [2.24, 2.45) is 5.92 Å². The van der Waals surface area contributed by atoms with Gasteiger partial charge in [0.25, 0.3) is 0 Å². The summed E-state index contributed by atoms with van der Waals surface area (Å²) < 4.78 is 11.0. The molecule has 148 valence electrons. The van der Waals surface area contributed by atoms with Crippen molar-refractivity contribution in [3.8, 4) is 0 Å². The molecule has 0 aromatic heterocycles. The predicted octanol–water partition coefficient (Wildman–Crippen LogP) is 0.00150. The van der Waals surface area contributed by atoms with Crippen molar-refractivity contribution in [3.63, 3.8) is 0 Å². The molecule has 8 heteroatoms. The number of hydrogen-bond acceptors (Lipinski definition) is 7. The highest BCUT2D eigenvalue weighted by molar-refractivity contribution is 5.98. The molecule has 8 nitrogen and oxygen atoms in total. The summed E-state index contributed by atoms with van der Waals surface area (Å²) in [6, 6.07) is 0. The van der Waals surface area contributed by atoms with Crippen molar-refractivity contribution >= 4 is 11.7 Å². The molecule has 1 aliphatic heterocycles. The van der Waals surface area contributed by atoms with Crippen molar-refractivity contribution in [2.45, 2.75) is 69.9 Å². The predicted molar refractivity (Wildman–Crippen MR) is 91.8 cm³/mol. The van der Waals surface area contributed by atoms with Crippen LogP contribution in [0.1, 0.15) is 46.0 Å². The van der Waals surface area contributed by atoms with Crippen LogP contribution in [0.3, 0.4) is 0 Å². The van der Waals surface area contributed by atoms with Gasteiger partial charge in [-0.2, -0.15) is 0 Å². The minimum absolute atomic E-state index is 0.0548. The van der Waals surface area contributed by atoms with Crippen LogP contribution in [0.15, 0.2) is 11.5 Å². The van der Waals surface area contributed by atoms with Gasteiger partial charge >= 0.3 is 0 Å². The molecule has 5 atom stereocenters. The number of nitrogens with one attached hydrogen (secondary N) is 1. The van der Waals surface area contributed by atoms with Gasteiger partial charge in [0, 0.05) is 13.0 Å². The zero-order valence-electron chi connectivity index (χ0n) is 15.5. The molecule has 1 heterocycles. The Balaban J connectivity index is 2.37. The fourth-order valence-electron chi connectivity index (χ4n) is 3.63. The number of ether oxygens (including phenoxy) is 2. The maximum Gasteiger partial charge on any atom is 0.223 e. The van der Waals surface area contributed by atoms with Crippen molar-refractivity contribution in [1.29, 1.82) is 0 Å². The van der Waals surface area contributed by atoms with Gasteiger partial charge in [-0.15, -0.1) is 0 Å². The highest BCUT2D eigenvalue weighted by Crippen LogP contribution is 2.37. The topological polar surface area (TPSA) is 125 Å². The Bertz CT molecular complexity index is 576. The molecule has 2 aliphatic rings. The van der Waals surface area contributed by atoms with E-state index < -0.39 is 35.4 Å². The number of β-amino-alcohol motifs (C(OH)–C–C–N with tert-alkyl or cyclic N) is 1. The molecule has 0 saturated carbocycles. The lowest BCUT2D eigenvalue weighted by atomic mass is 9.78. The molecule has 1 saturated heterocycles. The van der Waals surface area contributed by atoms with E-state index in [0.29, 0.717) is 6.42 Å². The number of Topliss-reactive ketones (excluding diaryl/α,β-unsaturated/α-hetero) is 1. The van der Waals surface area contributed by atoms with Crippen LogP contribution in [-0.4, -0.2) is 64.6 Å². The monoisotopic (exact) mass is 371 g/mol. The third kappa shape index (κ3) is 4.19. The van der Waals surface area contributed by atoms with Gasteiger partial charge in [0.2, 0.25) is 17.4 Å². The number of hydrogen-bond donors (Lipinski definition) is 4. The van der Waals surface area contributed by atoms with Crippen LogP contribution in [0.4, 0.5) is 0 Å². The first-order valence-corrected chi connectivity index (χ1v) is 9.07. The number of rotatable bonds is 7. The third-order valence-electron chi connectivity index (χ3n) is 5.02. The summed E-state index contributed by atoms with van der Waals surface area (Å²) in [5, 5.41) is 34.2. The van der Waals surface area contributed by atoms with Crippen LogP contribution in [0, 0.1) is 5.92 Å². The lowest BCUT2D eigenvalue weighted by Crippen LogP contribution is -2.50. The lowest BCUT2D eigenvalue weighted by molar-refractivity contribution is -0.141. The first-order chi connectivity index (χ1) is 12.2. The number of aliphatic hydroxyl groups excluding tert-OH is 2. The Morgan fingerprint density at radius 1 is 1.35 bits per heavy atom. The molecule has 0 bridgehead atoms. The quantitative estimate of drug-likeness (QED) is 0.496. The first kappa shape index (κ1) is 20.7. The maximum atomic E-state index is 13.1. The number of carbonyl (C=O) groups is 2. The van der Waals surface area contributed by atoms with Crippen LogP contribution < -0.4 is 5.32 Å². The average molecular weight is 371 g/mol. The number of allylic oxidation sites excluding steroid dienone is 1. The van der Waals surface area contributed by atoms with Gasteiger partial charge in [-0.3, -0.25) is 9.59 Å². The molecule has 4 N–H and O–H groups in total. The van der Waals surface area contributed by atoms with Crippen LogP contribution in [-0.2, 0) is 19.1 Å². The van der Waals surface area contributed by atoms with E-state index in [1.807, 2.05) is 6.92 Å². The summed E-state index contributed by atoms with van der Waals surface area (Å²) in [5.74, 6) is -2.59.